The second-order valence-electron chi connectivity index (χ2n) is 7.02. The third-order valence-corrected chi connectivity index (χ3v) is 7.62. The van der Waals surface area contributed by atoms with E-state index in [4.69, 9.17) is 4.42 Å². The van der Waals surface area contributed by atoms with E-state index >= 15 is 0 Å². The van der Waals surface area contributed by atoms with Crippen LogP contribution >= 0.6 is 11.3 Å². The highest BCUT2D eigenvalue weighted by atomic mass is 32.2. The average molecular weight is 477 g/mol. The molecule has 0 unspecified atom stereocenters. The molecule has 0 saturated heterocycles. The largest absolute Gasteiger partial charge is 0.467 e. The molecule has 4 rings (SSSR count). The maximum absolute atomic E-state index is 14.1. The third-order valence-electron chi connectivity index (χ3n) is 4.76. The molecule has 32 heavy (non-hydrogen) atoms. The number of halogens is 2. The molecule has 0 atom stereocenters. The van der Waals surface area contributed by atoms with E-state index < -0.39 is 21.5 Å². The van der Waals surface area contributed by atoms with E-state index in [9.17, 15) is 22.0 Å². The molecule has 0 aliphatic carbocycles. The number of nitrogens with zero attached hydrogens (tertiary/aromatic N) is 2. The van der Waals surface area contributed by atoms with Gasteiger partial charge >= 0.3 is 0 Å². The normalized spacial score (nSPS) is 11.7. The molecular formula is C22H18F2N2O4S2. The van der Waals surface area contributed by atoms with Gasteiger partial charge in [0.25, 0.3) is 0 Å². The molecule has 1 amide bonds. The summed E-state index contributed by atoms with van der Waals surface area (Å²) in [6, 6.07) is 12.5. The molecule has 10 heteroatoms. The third kappa shape index (κ3) is 4.86. The number of aromatic nitrogens is 1. The Bertz CT molecular complexity index is 1330. The van der Waals surface area contributed by atoms with Gasteiger partial charge in [-0.2, -0.15) is 0 Å². The molecule has 0 aliphatic heterocycles. The summed E-state index contributed by atoms with van der Waals surface area (Å²) in [7, 11) is -3.66. The molecule has 0 saturated carbocycles. The zero-order chi connectivity index (χ0) is 22.7. The van der Waals surface area contributed by atoms with Crippen molar-refractivity contribution in [3.63, 3.8) is 0 Å². The summed E-state index contributed by atoms with van der Waals surface area (Å²) < 4.78 is 58.0. The predicted octanol–water partition coefficient (Wildman–Crippen LogP) is 4.95. The molecule has 2 heterocycles. The Kier molecular flexibility index (Phi) is 6.33. The van der Waals surface area contributed by atoms with E-state index in [0.717, 1.165) is 12.1 Å². The summed E-state index contributed by atoms with van der Waals surface area (Å²) in [6.45, 7) is 0.0813. The minimum absolute atomic E-state index is 0.000406. The Morgan fingerprint density at radius 1 is 1.06 bits per heavy atom. The molecule has 2 aromatic heterocycles. The molecule has 2 aromatic carbocycles. The van der Waals surface area contributed by atoms with E-state index in [1.165, 1.54) is 40.7 Å². The number of hydrogen-bond acceptors (Lipinski definition) is 6. The van der Waals surface area contributed by atoms with Crippen molar-refractivity contribution in [3.8, 4) is 0 Å². The van der Waals surface area contributed by atoms with E-state index in [1.54, 1.807) is 24.3 Å². The first-order valence-electron chi connectivity index (χ1n) is 9.69. The highest BCUT2D eigenvalue weighted by Gasteiger charge is 2.23. The van der Waals surface area contributed by atoms with Crippen molar-refractivity contribution in [2.24, 2.45) is 0 Å². The summed E-state index contributed by atoms with van der Waals surface area (Å²) in [5, 5.41) is 0.299. The van der Waals surface area contributed by atoms with Gasteiger partial charge in [-0.3, -0.25) is 9.69 Å². The van der Waals surface area contributed by atoms with Crippen molar-refractivity contribution in [1.29, 1.82) is 0 Å². The number of amides is 1. The minimum atomic E-state index is -3.66. The number of sulfone groups is 1. The summed E-state index contributed by atoms with van der Waals surface area (Å²) in [5.41, 5.74) is 0.170. The molecule has 0 N–H and O–H groups in total. The van der Waals surface area contributed by atoms with Crippen LogP contribution in [0.5, 0.6) is 0 Å². The lowest BCUT2D eigenvalue weighted by Gasteiger charge is -2.18. The van der Waals surface area contributed by atoms with Crippen LogP contribution in [0.15, 0.2) is 70.2 Å². The molecule has 166 valence electrons. The highest BCUT2D eigenvalue weighted by Crippen LogP contribution is 2.31. The van der Waals surface area contributed by atoms with Gasteiger partial charge in [0.05, 0.1) is 28.2 Å². The van der Waals surface area contributed by atoms with Crippen molar-refractivity contribution in [2.75, 3.05) is 10.7 Å². The molecule has 0 bridgehead atoms. The van der Waals surface area contributed by atoms with Crippen LogP contribution in [0.2, 0.25) is 0 Å². The van der Waals surface area contributed by atoms with Gasteiger partial charge in [0.1, 0.15) is 22.9 Å². The molecule has 0 aliphatic rings. The van der Waals surface area contributed by atoms with Crippen molar-refractivity contribution >= 4 is 42.4 Å². The van der Waals surface area contributed by atoms with Crippen molar-refractivity contribution < 1.29 is 26.4 Å². The fourth-order valence-corrected chi connectivity index (χ4v) is 5.46. The number of fused-ring (bicyclic) bond motifs is 1. The van der Waals surface area contributed by atoms with Gasteiger partial charge in [-0.1, -0.05) is 17.4 Å². The number of hydrogen-bond donors (Lipinski definition) is 0. The van der Waals surface area contributed by atoms with Crippen LogP contribution in [0.25, 0.3) is 10.2 Å². The van der Waals surface area contributed by atoms with Gasteiger partial charge in [0.2, 0.25) is 5.91 Å². The lowest BCUT2D eigenvalue weighted by molar-refractivity contribution is -0.118. The van der Waals surface area contributed by atoms with Crippen LogP contribution in [0.1, 0.15) is 18.6 Å². The average Bonchev–Trinajstić information content (AvgIpc) is 3.42. The Hall–Kier alpha value is -3.11. The lowest BCUT2D eigenvalue weighted by Crippen LogP contribution is -2.30. The van der Waals surface area contributed by atoms with Crippen LogP contribution < -0.4 is 4.90 Å². The number of rotatable bonds is 8. The zero-order valence-electron chi connectivity index (χ0n) is 16.7. The molecule has 6 nitrogen and oxygen atoms in total. The lowest BCUT2D eigenvalue weighted by atomic mass is 10.3. The van der Waals surface area contributed by atoms with Gasteiger partial charge in [-0.25, -0.2) is 22.2 Å². The van der Waals surface area contributed by atoms with E-state index in [2.05, 4.69) is 4.98 Å². The molecule has 0 fully saturated rings. The number of para-hydroxylation sites is 1. The van der Waals surface area contributed by atoms with Crippen LogP contribution in [0.4, 0.5) is 13.9 Å². The first-order valence-corrected chi connectivity index (χ1v) is 12.2. The number of carbonyl (C=O) groups excluding carboxylic acids is 1. The number of thiazole rings is 1. The maximum atomic E-state index is 14.1. The zero-order valence-corrected chi connectivity index (χ0v) is 18.3. The molecular weight excluding hydrogens is 458 g/mol. The number of carbonyl (C=O) groups is 1. The Balaban J connectivity index is 1.51. The number of furan rings is 1. The van der Waals surface area contributed by atoms with Gasteiger partial charge in [0, 0.05) is 6.42 Å². The number of benzene rings is 2. The molecule has 0 radical (unpaired) electrons. The van der Waals surface area contributed by atoms with Gasteiger partial charge in [0.15, 0.2) is 15.0 Å². The van der Waals surface area contributed by atoms with Gasteiger partial charge in [-0.15, -0.1) is 0 Å². The molecule has 0 spiro atoms. The van der Waals surface area contributed by atoms with Gasteiger partial charge < -0.3 is 4.42 Å². The quantitative estimate of drug-likeness (QED) is 0.336. The maximum Gasteiger partial charge on any atom is 0.229 e. The summed E-state index contributed by atoms with van der Waals surface area (Å²) in [6.07, 6.45) is 1.47. The number of anilines is 1. The predicted molar refractivity (Wildman–Crippen MR) is 117 cm³/mol. The second kappa shape index (κ2) is 9.17. The summed E-state index contributed by atoms with van der Waals surface area (Å²) in [4.78, 5) is 18.7. The van der Waals surface area contributed by atoms with E-state index in [0.29, 0.717) is 15.6 Å². The fourth-order valence-electron chi connectivity index (χ4n) is 3.15. The van der Waals surface area contributed by atoms with E-state index in [-0.39, 0.29) is 41.5 Å². The van der Waals surface area contributed by atoms with Crippen LogP contribution in [0.3, 0.4) is 0 Å². The molecule has 4 aromatic rings. The standard InChI is InChI=1S/C22H18F2N2O4S2/c23-15-8-10-17(11-9-15)32(28,29)13-3-7-20(27)26(14-16-4-2-12-30-16)22-25-21-18(24)5-1-6-19(21)31-22/h1-2,4-6,8-12H,3,7,13-14H2. The monoisotopic (exact) mass is 476 g/mol. The Morgan fingerprint density at radius 2 is 1.84 bits per heavy atom. The van der Waals surface area contributed by atoms with Crippen LogP contribution in [-0.4, -0.2) is 25.1 Å². The summed E-state index contributed by atoms with van der Waals surface area (Å²) >= 11 is 1.17. The topological polar surface area (TPSA) is 80.5 Å². The van der Waals surface area contributed by atoms with Gasteiger partial charge in [-0.05, 0) is 55.0 Å². The first-order chi connectivity index (χ1) is 15.3. The highest BCUT2D eigenvalue weighted by molar-refractivity contribution is 7.91. The van der Waals surface area contributed by atoms with Crippen molar-refractivity contribution in [3.05, 3.63) is 78.3 Å². The second-order valence-corrected chi connectivity index (χ2v) is 10.1. The van der Waals surface area contributed by atoms with Crippen molar-refractivity contribution in [1.82, 2.24) is 4.98 Å². The first kappa shape index (κ1) is 22.1. The minimum Gasteiger partial charge on any atom is -0.467 e. The summed E-state index contributed by atoms with van der Waals surface area (Å²) in [5.74, 6) is -1.14. The SMILES string of the molecule is O=C(CCCS(=O)(=O)c1ccc(F)cc1)N(Cc1ccco1)c1nc2c(F)cccc2s1. The fraction of sp³-hybridized carbons (Fsp3) is 0.182. The van der Waals surface area contributed by atoms with Crippen LogP contribution in [-0.2, 0) is 21.2 Å². The van der Waals surface area contributed by atoms with Crippen LogP contribution in [0, 0.1) is 11.6 Å². The van der Waals surface area contributed by atoms with E-state index in [1.807, 2.05) is 0 Å². The Labute approximate surface area is 187 Å². The Morgan fingerprint density at radius 3 is 2.53 bits per heavy atom. The smallest absolute Gasteiger partial charge is 0.229 e. The van der Waals surface area contributed by atoms with Crippen molar-refractivity contribution in [2.45, 2.75) is 24.3 Å².